The summed E-state index contributed by atoms with van der Waals surface area (Å²) in [6, 6.07) is 16.1. The van der Waals surface area contributed by atoms with Crippen molar-refractivity contribution in [2.75, 3.05) is 6.54 Å². The Kier molecular flexibility index (Phi) is 3.78. The van der Waals surface area contributed by atoms with E-state index in [1.165, 1.54) is 11.1 Å². The summed E-state index contributed by atoms with van der Waals surface area (Å²) in [5, 5.41) is 2.79. The van der Waals surface area contributed by atoms with Crippen molar-refractivity contribution in [1.29, 1.82) is 0 Å². The molecular weight excluding hydrogens is 222 g/mol. The average Bonchev–Trinajstić information content (AvgIpc) is 2.40. The summed E-state index contributed by atoms with van der Waals surface area (Å²) < 4.78 is 0. The zero-order valence-corrected chi connectivity index (χ0v) is 10.7. The molecular formula is C16H17NO. The number of hydrogen-bond acceptors (Lipinski definition) is 1. The topological polar surface area (TPSA) is 29.1 Å². The molecule has 0 aliphatic carbocycles. The third kappa shape index (κ3) is 2.77. The van der Waals surface area contributed by atoms with E-state index >= 15 is 0 Å². The molecule has 2 aromatic rings. The van der Waals surface area contributed by atoms with Crippen LogP contribution < -0.4 is 5.32 Å². The Bertz CT molecular complexity index is 526. The molecule has 2 heteroatoms. The maximum Gasteiger partial charge on any atom is 0.251 e. The molecule has 1 N–H and O–H groups in total. The van der Waals surface area contributed by atoms with E-state index in [-0.39, 0.29) is 5.91 Å². The number of carbonyl (C=O) groups excluding carboxylic acids is 1. The molecule has 0 bridgehead atoms. The minimum Gasteiger partial charge on any atom is -0.352 e. The molecule has 18 heavy (non-hydrogen) atoms. The van der Waals surface area contributed by atoms with E-state index in [2.05, 4.69) is 36.5 Å². The lowest BCUT2D eigenvalue weighted by atomic mass is 10.0. The van der Waals surface area contributed by atoms with Gasteiger partial charge in [0.2, 0.25) is 0 Å². The van der Waals surface area contributed by atoms with Crippen molar-refractivity contribution >= 4 is 5.91 Å². The van der Waals surface area contributed by atoms with Crippen LogP contribution in [0.15, 0.2) is 48.5 Å². The summed E-state index contributed by atoms with van der Waals surface area (Å²) in [6.45, 7) is 4.64. The van der Waals surface area contributed by atoms with Gasteiger partial charge in [0.1, 0.15) is 0 Å². The lowest BCUT2D eigenvalue weighted by Gasteiger charge is -2.05. The molecule has 0 saturated heterocycles. The number of amides is 1. The van der Waals surface area contributed by atoms with Crippen LogP contribution in [0.25, 0.3) is 11.1 Å². The third-order valence-electron chi connectivity index (χ3n) is 2.87. The molecule has 0 aliphatic heterocycles. The van der Waals surface area contributed by atoms with Gasteiger partial charge in [0.05, 0.1) is 0 Å². The van der Waals surface area contributed by atoms with E-state index in [0.717, 1.165) is 5.56 Å². The Morgan fingerprint density at radius 2 is 1.44 bits per heavy atom. The Balaban J connectivity index is 2.22. The summed E-state index contributed by atoms with van der Waals surface area (Å²) in [7, 11) is 0. The van der Waals surface area contributed by atoms with E-state index in [4.69, 9.17) is 0 Å². The molecule has 0 atom stereocenters. The van der Waals surface area contributed by atoms with Gasteiger partial charge in [-0.1, -0.05) is 42.0 Å². The molecule has 0 fully saturated rings. The summed E-state index contributed by atoms with van der Waals surface area (Å²) in [6.07, 6.45) is 0. The summed E-state index contributed by atoms with van der Waals surface area (Å²) >= 11 is 0. The van der Waals surface area contributed by atoms with Crippen molar-refractivity contribution in [1.82, 2.24) is 5.32 Å². The highest BCUT2D eigenvalue weighted by molar-refractivity contribution is 5.94. The fourth-order valence-electron chi connectivity index (χ4n) is 1.82. The van der Waals surface area contributed by atoms with Gasteiger partial charge in [0.25, 0.3) is 5.91 Å². The number of rotatable bonds is 3. The fourth-order valence-corrected chi connectivity index (χ4v) is 1.82. The van der Waals surface area contributed by atoms with Crippen LogP contribution in [0.5, 0.6) is 0 Å². The number of hydrogen-bond donors (Lipinski definition) is 1. The van der Waals surface area contributed by atoms with E-state index in [9.17, 15) is 4.79 Å². The monoisotopic (exact) mass is 239 g/mol. The summed E-state index contributed by atoms with van der Waals surface area (Å²) in [5.41, 5.74) is 4.25. The maximum absolute atomic E-state index is 11.6. The Morgan fingerprint density at radius 1 is 0.944 bits per heavy atom. The molecule has 2 rings (SSSR count). The van der Waals surface area contributed by atoms with E-state index in [0.29, 0.717) is 12.1 Å². The molecule has 0 saturated carbocycles. The van der Waals surface area contributed by atoms with Crippen LogP contribution in [-0.2, 0) is 0 Å². The molecule has 92 valence electrons. The Morgan fingerprint density at radius 3 is 1.94 bits per heavy atom. The zero-order chi connectivity index (χ0) is 13.0. The van der Waals surface area contributed by atoms with Crippen molar-refractivity contribution in [2.45, 2.75) is 13.8 Å². The van der Waals surface area contributed by atoms with Crippen molar-refractivity contribution in [3.8, 4) is 11.1 Å². The average molecular weight is 239 g/mol. The predicted molar refractivity (Wildman–Crippen MR) is 74.6 cm³/mol. The summed E-state index contributed by atoms with van der Waals surface area (Å²) in [5.74, 6) is -0.0204. The highest BCUT2D eigenvalue weighted by Crippen LogP contribution is 2.20. The first-order chi connectivity index (χ1) is 8.70. The zero-order valence-electron chi connectivity index (χ0n) is 10.7. The number of aryl methyl sites for hydroxylation is 1. The number of benzene rings is 2. The van der Waals surface area contributed by atoms with Gasteiger partial charge in [-0.05, 0) is 37.1 Å². The molecule has 0 unspecified atom stereocenters. The van der Waals surface area contributed by atoms with E-state index in [1.54, 1.807) is 0 Å². The second-order valence-corrected chi connectivity index (χ2v) is 4.30. The molecule has 2 aromatic carbocycles. The Labute approximate surface area is 108 Å². The highest BCUT2D eigenvalue weighted by atomic mass is 16.1. The number of carbonyl (C=O) groups is 1. The van der Waals surface area contributed by atoms with Crippen LogP contribution in [0.1, 0.15) is 22.8 Å². The standard InChI is InChI=1S/C16H17NO/c1-3-17-16(18)15-10-8-14(9-11-15)13-6-4-12(2)5-7-13/h4-11H,3H2,1-2H3,(H,17,18). The SMILES string of the molecule is CCNC(=O)c1ccc(-c2ccc(C)cc2)cc1. The van der Waals surface area contributed by atoms with Crippen LogP contribution in [0, 0.1) is 6.92 Å². The quantitative estimate of drug-likeness (QED) is 0.873. The molecule has 1 amide bonds. The largest absolute Gasteiger partial charge is 0.352 e. The molecule has 0 spiro atoms. The van der Waals surface area contributed by atoms with Crippen molar-refractivity contribution in [3.05, 3.63) is 59.7 Å². The van der Waals surface area contributed by atoms with Crippen LogP contribution >= 0.6 is 0 Å². The fraction of sp³-hybridized carbons (Fsp3) is 0.188. The van der Waals surface area contributed by atoms with Crippen LogP contribution in [0.4, 0.5) is 0 Å². The van der Waals surface area contributed by atoms with E-state index < -0.39 is 0 Å². The van der Waals surface area contributed by atoms with Crippen LogP contribution in [0.2, 0.25) is 0 Å². The second kappa shape index (κ2) is 5.50. The predicted octanol–water partition coefficient (Wildman–Crippen LogP) is 3.41. The van der Waals surface area contributed by atoms with Gasteiger partial charge in [-0.15, -0.1) is 0 Å². The van der Waals surface area contributed by atoms with Gasteiger partial charge in [-0.2, -0.15) is 0 Å². The van der Waals surface area contributed by atoms with Crippen molar-refractivity contribution in [2.24, 2.45) is 0 Å². The molecule has 0 aromatic heterocycles. The molecule has 0 radical (unpaired) electrons. The maximum atomic E-state index is 11.6. The molecule has 0 aliphatic rings. The van der Waals surface area contributed by atoms with Gasteiger partial charge >= 0.3 is 0 Å². The molecule has 0 heterocycles. The molecule has 2 nitrogen and oxygen atoms in total. The first kappa shape index (κ1) is 12.4. The van der Waals surface area contributed by atoms with Gasteiger partial charge in [0, 0.05) is 12.1 Å². The third-order valence-corrected chi connectivity index (χ3v) is 2.87. The number of nitrogens with one attached hydrogen (secondary N) is 1. The Hall–Kier alpha value is -2.09. The smallest absolute Gasteiger partial charge is 0.251 e. The first-order valence-corrected chi connectivity index (χ1v) is 6.16. The van der Waals surface area contributed by atoms with Gasteiger partial charge < -0.3 is 5.32 Å². The van der Waals surface area contributed by atoms with Gasteiger partial charge in [-0.3, -0.25) is 4.79 Å². The minimum atomic E-state index is -0.0204. The van der Waals surface area contributed by atoms with Crippen LogP contribution in [0.3, 0.4) is 0 Å². The van der Waals surface area contributed by atoms with Crippen molar-refractivity contribution < 1.29 is 4.79 Å². The lowest BCUT2D eigenvalue weighted by molar-refractivity contribution is 0.0956. The van der Waals surface area contributed by atoms with Gasteiger partial charge in [0.15, 0.2) is 0 Å². The first-order valence-electron chi connectivity index (χ1n) is 6.16. The highest BCUT2D eigenvalue weighted by Gasteiger charge is 2.04. The minimum absolute atomic E-state index is 0.0204. The second-order valence-electron chi connectivity index (χ2n) is 4.30. The lowest BCUT2D eigenvalue weighted by Crippen LogP contribution is -2.22. The van der Waals surface area contributed by atoms with Crippen LogP contribution in [-0.4, -0.2) is 12.5 Å². The van der Waals surface area contributed by atoms with Crippen molar-refractivity contribution in [3.63, 3.8) is 0 Å². The summed E-state index contributed by atoms with van der Waals surface area (Å²) in [4.78, 5) is 11.6. The normalized spacial score (nSPS) is 10.1. The van der Waals surface area contributed by atoms with E-state index in [1.807, 2.05) is 31.2 Å². The van der Waals surface area contributed by atoms with Gasteiger partial charge in [-0.25, -0.2) is 0 Å².